The van der Waals surface area contributed by atoms with Gasteiger partial charge in [-0.15, -0.1) is 0 Å². The summed E-state index contributed by atoms with van der Waals surface area (Å²) in [5.74, 6) is -0.827. The van der Waals surface area contributed by atoms with Crippen molar-refractivity contribution in [2.24, 2.45) is 0 Å². The van der Waals surface area contributed by atoms with Gasteiger partial charge in [0, 0.05) is 12.8 Å². The molecular weight excluding hydrogens is 677 g/mol. The Balaban J connectivity index is 4.45. The second-order valence-electron chi connectivity index (χ2n) is 14.7. The summed E-state index contributed by atoms with van der Waals surface area (Å²) in [6.07, 6.45) is 38.7. The van der Waals surface area contributed by atoms with Crippen molar-refractivity contribution in [3.8, 4) is 0 Å². The molecule has 1 unspecified atom stereocenters. The van der Waals surface area contributed by atoms with Gasteiger partial charge >= 0.3 is 19.8 Å². The number of allylic oxidation sites excluding steroid dienone is 8. The highest BCUT2D eigenvalue weighted by molar-refractivity contribution is 7.47. The molecule has 0 spiro atoms. The number of likely N-dealkylation sites (N-methyl/N-ethyl adjacent to an activating group) is 1. The van der Waals surface area contributed by atoms with Gasteiger partial charge in [0.25, 0.3) is 0 Å². The van der Waals surface area contributed by atoms with Crippen LogP contribution >= 0.6 is 7.82 Å². The third-order valence-electron chi connectivity index (χ3n) is 8.47. The zero-order valence-electron chi connectivity index (χ0n) is 33.8. The Labute approximate surface area is 318 Å². The molecule has 0 aliphatic heterocycles. The van der Waals surface area contributed by atoms with Crippen LogP contribution in [0.2, 0.25) is 0 Å². The molecule has 9 nitrogen and oxygen atoms in total. The van der Waals surface area contributed by atoms with Crippen molar-refractivity contribution in [2.45, 2.75) is 161 Å². The van der Waals surface area contributed by atoms with Crippen molar-refractivity contribution in [1.29, 1.82) is 0 Å². The number of esters is 2. The van der Waals surface area contributed by atoms with E-state index in [1.165, 1.54) is 64.2 Å². The minimum Gasteiger partial charge on any atom is -0.462 e. The van der Waals surface area contributed by atoms with Crippen LogP contribution < -0.4 is 0 Å². The molecule has 302 valence electrons. The van der Waals surface area contributed by atoms with Gasteiger partial charge in [-0.1, -0.05) is 159 Å². The number of hydrogen-bond acceptors (Lipinski definition) is 7. The number of rotatable bonds is 36. The molecule has 0 saturated heterocycles. The van der Waals surface area contributed by atoms with E-state index in [9.17, 15) is 19.0 Å². The van der Waals surface area contributed by atoms with E-state index in [2.05, 4.69) is 32.1 Å². The molecule has 52 heavy (non-hydrogen) atoms. The number of carbonyl (C=O) groups is 2. The molecule has 0 radical (unpaired) electrons. The monoisotopic (exact) mass is 755 g/mol. The van der Waals surface area contributed by atoms with E-state index in [0.717, 1.165) is 57.8 Å². The highest BCUT2D eigenvalue weighted by Crippen LogP contribution is 2.43. The highest BCUT2D eigenvalue weighted by Gasteiger charge is 2.27. The van der Waals surface area contributed by atoms with Crippen LogP contribution in [0.4, 0.5) is 0 Å². The van der Waals surface area contributed by atoms with Crippen LogP contribution in [0, 0.1) is 0 Å². The smallest absolute Gasteiger partial charge is 0.462 e. The van der Waals surface area contributed by atoms with E-state index in [4.69, 9.17) is 18.5 Å². The largest absolute Gasteiger partial charge is 0.472 e. The summed E-state index contributed by atoms with van der Waals surface area (Å²) in [6.45, 7) is 4.24. The minimum atomic E-state index is -4.38. The first-order valence-electron chi connectivity index (χ1n) is 20.4. The van der Waals surface area contributed by atoms with Crippen LogP contribution in [0.15, 0.2) is 48.6 Å². The fourth-order valence-corrected chi connectivity index (χ4v) is 6.00. The SMILES string of the molecule is CC/C=C/C=C/C=C/C=C/CCCCCCCC(=O)O[C@H](COC(=O)CCCCCCCCCCCCCCC)COP(=O)(O)OCC[N+](C)(C)C. The highest BCUT2D eigenvalue weighted by atomic mass is 31.2. The lowest BCUT2D eigenvalue weighted by Gasteiger charge is -2.24. The zero-order chi connectivity index (χ0) is 38.6. The third kappa shape index (κ3) is 37.7. The fraction of sp³-hybridized carbons (Fsp3) is 0.762. The van der Waals surface area contributed by atoms with Crippen LogP contribution in [0.3, 0.4) is 0 Å². The molecule has 0 aromatic heterocycles. The van der Waals surface area contributed by atoms with Crippen molar-refractivity contribution in [3.63, 3.8) is 0 Å². The predicted molar refractivity (Wildman–Crippen MR) is 215 cm³/mol. The topological polar surface area (TPSA) is 108 Å². The van der Waals surface area contributed by atoms with Gasteiger partial charge in [-0.05, 0) is 32.1 Å². The van der Waals surface area contributed by atoms with E-state index >= 15 is 0 Å². The average Bonchev–Trinajstić information content (AvgIpc) is 3.09. The van der Waals surface area contributed by atoms with E-state index in [1.807, 2.05) is 51.5 Å². The summed E-state index contributed by atoms with van der Waals surface area (Å²) in [4.78, 5) is 35.2. The molecule has 1 N–H and O–H groups in total. The Morgan fingerprint density at radius 1 is 0.615 bits per heavy atom. The first-order chi connectivity index (χ1) is 25.0. The maximum Gasteiger partial charge on any atom is 0.472 e. The van der Waals surface area contributed by atoms with E-state index < -0.39 is 26.5 Å². The van der Waals surface area contributed by atoms with Crippen LogP contribution in [0.1, 0.15) is 155 Å². The fourth-order valence-electron chi connectivity index (χ4n) is 5.26. The summed E-state index contributed by atoms with van der Waals surface area (Å²) >= 11 is 0. The molecule has 0 aromatic rings. The molecular formula is C42H77NO8P+. The van der Waals surface area contributed by atoms with Crippen molar-refractivity contribution < 1.29 is 42.1 Å². The minimum absolute atomic E-state index is 0.0258. The van der Waals surface area contributed by atoms with Gasteiger partial charge in [0.05, 0.1) is 27.7 Å². The lowest BCUT2D eigenvalue weighted by Crippen LogP contribution is -2.37. The van der Waals surface area contributed by atoms with Gasteiger partial charge in [-0.25, -0.2) is 4.57 Å². The molecule has 0 bridgehead atoms. The maximum atomic E-state index is 12.6. The van der Waals surface area contributed by atoms with E-state index in [0.29, 0.717) is 17.4 Å². The van der Waals surface area contributed by atoms with Gasteiger partial charge in [-0.2, -0.15) is 0 Å². The van der Waals surface area contributed by atoms with Gasteiger partial charge in [-0.3, -0.25) is 18.6 Å². The number of quaternary nitrogens is 1. The number of phosphoric acid groups is 1. The number of carbonyl (C=O) groups excluding carboxylic acids is 2. The third-order valence-corrected chi connectivity index (χ3v) is 9.45. The summed E-state index contributed by atoms with van der Waals surface area (Å²) in [5, 5.41) is 0. The van der Waals surface area contributed by atoms with Crippen molar-refractivity contribution >= 4 is 19.8 Å². The number of unbranched alkanes of at least 4 members (excludes halogenated alkanes) is 17. The van der Waals surface area contributed by atoms with Crippen molar-refractivity contribution in [3.05, 3.63) is 48.6 Å². The predicted octanol–water partition coefficient (Wildman–Crippen LogP) is 11.1. The van der Waals surface area contributed by atoms with Crippen LogP contribution in [-0.4, -0.2) is 74.9 Å². The zero-order valence-corrected chi connectivity index (χ0v) is 34.7. The molecule has 0 amide bonds. The summed E-state index contributed by atoms with van der Waals surface area (Å²) in [7, 11) is 1.45. The van der Waals surface area contributed by atoms with Gasteiger partial charge < -0.3 is 18.9 Å². The Bertz CT molecular complexity index is 1030. The summed E-state index contributed by atoms with van der Waals surface area (Å²) < 4.78 is 34.2. The second-order valence-corrected chi connectivity index (χ2v) is 16.2. The normalized spacial score (nSPS) is 14.2. The lowest BCUT2D eigenvalue weighted by atomic mass is 10.0. The quantitative estimate of drug-likeness (QED) is 0.0221. The van der Waals surface area contributed by atoms with Crippen LogP contribution in [-0.2, 0) is 32.7 Å². The van der Waals surface area contributed by atoms with Crippen molar-refractivity contribution in [1.82, 2.24) is 0 Å². The van der Waals surface area contributed by atoms with Crippen molar-refractivity contribution in [2.75, 3.05) is 47.5 Å². The Morgan fingerprint density at radius 2 is 1.10 bits per heavy atom. The lowest BCUT2D eigenvalue weighted by molar-refractivity contribution is -0.870. The second kappa shape index (κ2) is 34.7. The summed E-state index contributed by atoms with van der Waals surface area (Å²) in [6, 6.07) is 0. The average molecular weight is 755 g/mol. The van der Waals surface area contributed by atoms with Gasteiger partial charge in [0.2, 0.25) is 0 Å². The standard InChI is InChI=1S/C42H76NO8P/c1-6-8-10-12-14-16-18-20-21-23-25-27-29-31-33-35-42(45)51-40(39-50-52(46,47)49-37-36-43(3,4)5)38-48-41(44)34-32-30-28-26-24-22-19-17-15-13-11-9-7-2/h8,10,12,14,16,18,20-21,40H,6-7,9,11,13,15,17,19,22-39H2,1-5H3/p+1/b10-8+,14-12+,18-16+,21-20+/t40-/m1/s1. The molecule has 0 aromatic carbocycles. The Morgan fingerprint density at radius 3 is 1.63 bits per heavy atom. The molecule has 0 aliphatic carbocycles. The number of ether oxygens (including phenoxy) is 2. The summed E-state index contributed by atoms with van der Waals surface area (Å²) in [5.41, 5.74) is 0. The van der Waals surface area contributed by atoms with E-state index in [-0.39, 0.29) is 32.0 Å². The van der Waals surface area contributed by atoms with E-state index in [1.54, 1.807) is 0 Å². The molecule has 10 heteroatoms. The van der Waals surface area contributed by atoms with Crippen LogP contribution in [0.5, 0.6) is 0 Å². The van der Waals surface area contributed by atoms with Crippen LogP contribution in [0.25, 0.3) is 0 Å². The first-order valence-corrected chi connectivity index (χ1v) is 21.9. The molecule has 0 rings (SSSR count). The molecule has 2 atom stereocenters. The molecule has 0 aliphatic rings. The van der Waals surface area contributed by atoms with Gasteiger partial charge in [0.1, 0.15) is 19.8 Å². The first kappa shape index (κ1) is 50.0. The number of phosphoric ester groups is 1. The molecule has 0 heterocycles. The van der Waals surface area contributed by atoms with Gasteiger partial charge in [0.15, 0.2) is 6.10 Å². The Kier molecular flexibility index (Phi) is 33.4. The molecule has 0 fully saturated rings. The number of nitrogens with zero attached hydrogens (tertiary/aromatic N) is 1. The molecule has 0 saturated carbocycles. The number of hydrogen-bond donors (Lipinski definition) is 1. The Hall–Kier alpha value is -2.03. The maximum absolute atomic E-state index is 12.6.